The number of primary sulfonamides is 1. The maximum Gasteiger partial charge on any atom is 0.315 e. The Kier molecular flexibility index (Phi) is 5.32. The van der Waals surface area contributed by atoms with Crippen molar-refractivity contribution in [1.82, 2.24) is 15.5 Å². The lowest BCUT2D eigenvalue weighted by Crippen LogP contribution is -2.18. The average molecular weight is 263 g/mol. The summed E-state index contributed by atoms with van der Waals surface area (Å²) in [7, 11) is -3.40. The minimum atomic E-state index is -3.40. The van der Waals surface area contributed by atoms with Crippen molar-refractivity contribution in [3.8, 4) is 0 Å². The van der Waals surface area contributed by atoms with Crippen molar-refractivity contribution in [3.05, 3.63) is 5.89 Å². The fraction of sp³-hybridized carbons (Fsp3) is 0.750. The van der Waals surface area contributed by atoms with Gasteiger partial charge in [0.2, 0.25) is 15.9 Å². The second-order valence-electron chi connectivity index (χ2n) is 3.43. The fourth-order valence-electron chi connectivity index (χ4n) is 1.10. The molecule has 0 saturated heterocycles. The average Bonchev–Trinajstić information content (AvgIpc) is 2.68. The van der Waals surface area contributed by atoms with Gasteiger partial charge in [0.05, 0.1) is 12.3 Å². The molecule has 1 aromatic heterocycles. The zero-order valence-corrected chi connectivity index (χ0v) is 10.5. The Morgan fingerprint density at radius 3 is 2.82 bits per heavy atom. The quantitative estimate of drug-likeness (QED) is 0.528. The molecule has 0 saturated carbocycles. The van der Waals surface area contributed by atoms with Crippen LogP contribution in [0.2, 0.25) is 0 Å². The van der Waals surface area contributed by atoms with E-state index in [-0.39, 0.29) is 11.8 Å². The second-order valence-corrected chi connectivity index (χ2v) is 5.16. The van der Waals surface area contributed by atoms with Gasteiger partial charge >= 0.3 is 6.01 Å². The van der Waals surface area contributed by atoms with E-state index in [2.05, 4.69) is 20.8 Å². The largest absolute Gasteiger partial charge is 0.407 e. The molecule has 0 aliphatic carbocycles. The number of nitrogens with one attached hydrogen (secondary N) is 2. The van der Waals surface area contributed by atoms with Crippen LogP contribution < -0.4 is 15.8 Å². The van der Waals surface area contributed by atoms with Gasteiger partial charge in [-0.2, -0.15) is 0 Å². The van der Waals surface area contributed by atoms with E-state index in [4.69, 9.17) is 9.56 Å². The van der Waals surface area contributed by atoms with Crippen molar-refractivity contribution in [2.24, 2.45) is 5.14 Å². The van der Waals surface area contributed by atoms with E-state index in [1.165, 1.54) is 0 Å². The van der Waals surface area contributed by atoms with Crippen LogP contribution in [0.5, 0.6) is 0 Å². The van der Waals surface area contributed by atoms with Gasteiger partial charge in [-0.3, -0.25) is 0 Å². The first-order valence-corrected chi connectivity index (χ1v) is 7.00. The molecule has 0 amide bonds. The minimum absolute atomic E-state index is 0.0710. The number of rotatable bonds is 8. The molecule has 0 aliphatic rings. The number of nitrogens with two attached hydrogens (primary N) is 1. The predicted octanol–water partition coefficient (Wildman–Crippen LogP) is -0.730. The molecule has 1 aromatic rings. The van der Waals surface area contributed by atoms with Crippen LogP contribution >= 0.6 is 0 Å². The molecule has 0 bridgehead atoms. The molecule has 0 aliphatic heterocycles. The lowest BCUT2D eigenvalue weighted by atomic mass is 10.5. The minimum Gasteiger partial charge on any atom is -0.407 e. The SMILES string of the molecule is CCNCc1nnc(NCCCS(N)(=O)=O)o1. The molecule has 0 atom stereocenters. The van der Waals surface area contributed by atoms with Crippen LogP contribution in [0, 0.1) is 0 Å². The van der Waals surface area contributed by atoms with Gasteiger partial charge in [-0.1, -0.05) is 12.0 Å². The third-order valence-electron chi connectivity index (χ3n) is 1.87. The molecule has 8 nitrogen and oxygen atoms in total. The summed E-state index contributed by atoms with van der Waals surface area (Å²) in [5, 5.41) is 18.3. The second kappa shape index (κ2) is 6.52. The third kappa shape index (κ3) is 6.19. The van der Waals surface area contributed by atoms with Gasteiger partial charge in [0, 0.05) is 6.54 Å². The number of hydrogen-bond donors (Lipinski definition) is 3. The first kappa shape index (κ1) is 13.9. The molecule has 4 N–H and O–H groups in total. The Hall–Kier alpha value is -1.19. The Morgan fingerprint density at radius 2 is 2.18 bits per heavy atom. The van der Waals surface area contributed by atoms with E-state index >= 15 is 0 Å². The van der Waals surface area contributed by atoms with Crippen molar-refractivity contribution in [2.75, 3.05) is 24.2 Å². The summed E-state index contributed by atoms with van der Waals surface area (Å²) in [6.07, 6.45) is 0.393. The molecule has 1 heterocycles. The molecule has 0 aromatic carbocycles. The van der Waals surface area contributed by atoms with E-state index in [0.717, 1.165) is 6.54 Å². The summed E-state index contributed by atoms with van der Waals surface area (Å²) in [5.74, 6) is 0.416. The molecule has 0 fully saturated rings. The predicted molar refractivity (Wildman–Crippen MR) is 62.8 cm³/mol. The van der Waals surface area contributed by atoms with E-state index in [1.807, 2.05) is 6.92 Å². The van der Waals surface area contributed by atoms with Crippen LogP contribution in [0.1, 0.15) is 19.2 Å². The summed E-state index contributed by atoms with van der Waals surface area (Å²) in [6.45, 7) is 3.73. The van der Waals surface area contributed by atoms with Crippen LogP contribution in [0.4, 0.5) is 6.01 Å². The first-order chi connectivity index (χ1) is 8.01. The maximum atomic E-state index is 10.7. The molecule has 98 valence electrons. The van der Waals surface area contributed by atoms with Crippen LogP contribution in [0.25, 0.3) is 0 Å². The van der Waals surface area contributed by atoms with Crippen molar-refractivity contribution in [3.63, 3.8) is 0 Å². The highest BCUT2D eigenvalue weighted by Crippen LogP contribution is 2.04. The molecule has 0 unspecified atom stereocenters. The summed E-state index contributed by atoms with van der Waals surface area (Å²) in [6, 6.07) is 0.285. The van der Waals surface area contributed by atoms with Crippen molar-refractivity contribution in [2.45, 2.75) is 19.9 Å². The van der Waals surface area contributed by atoms with Gasteiger partial charge in [0.25, 0.3) is 0 Å². The summed E-state index contributed by atoms with van der Waals surface area (Å²) in [5.41, 5.74) is 0. The lowest BCUT2D eigenvalue weighted by Gasteiger charge is -1.99. The van der Waals surface area contributed by atoms with Crippen LogP contribution in [0.3, 0.4) is 0 Å². The Labute approximate surface area is 100 Å². The normalized spacial score (nSPS) is 11.6. The van der Waals surface area contributed by atoms with E-state index in [1.54, 1.807) is 0 Å². The highest BCUT2D eigenvalue weighted by molar-refractivity contribution is 7.89. The molecule has 9 heteroatoms. The topological polar surface area (TPSA) is 123 Å². The highest BCUT2D eigenvalue weighted by atomic mass is 32.2. The highest BCUT2D eigenvalue weighted by Gasteiger charge is 2.05. The first-order valence-electron chi connectivity index (χ1n) is 5.28. The fourth-order valence-corrected chi connectivity index (χ4v) is 1.64. The molecule has 17 heavy (non-hydrogen) atoms. The van der Waals surface area contributed by atoms with Crippen LogP contribution in [0.15, 0.2) is 4.42 Å². The van der Waals surface area contributed by atoms with Crippen molar-refractivity contribution in [1.29, 1.82) is 0 Å². The standard InChI is InChI=1S/C8H17N5O3S/c1-2-10-6-7-12-13-8(16-7)11-4-3-5-17(9,14)15/h10H,2-6H2,1H3,(H,11,13)(H2,9,14,15). The van der Waals surface area contributed by atoms with Gasteiger partial charge in [0.1, 0.15) is 0 Å². The molecule has 1 rings (SSSR count). The van der Waals surface area contributed by atoms with Crippen LogP contribution in [-0.4, -0.2) is 37.5 Å². The van der Waals surface area contributed by atoms with Gasteiger partial charge < -0.3 is 15.1 Å². The maximum absolute atomic E-state index is 10.7. The van der Waals surface area contributed by atoms with Crippen molar-refractivity contribution >= 4 is 16.0 Å². The van der Waals surface area contributed by atoms with Gasteiger partial charge in [-0.05, 0) is 13.0 Å². The van der Waals surface area contributed by atoms with Gasteiger partial charge in [-0.15, -0.1) is 5.10 Å². The van der Waals surface area contributed by atoms with E-state index < -0.39 is 10.0 Å². The Bertz CT molecular complexity index is 430. The molecule has 0 spiro atoms. The third-order valence-corrected chi connectivity index (χ3v) is 2.73. The lowest BCUT2D eigenvalue weighted by molar-refractivity contribution is 0.481. The van der Waals surface area contributed by atoms with Gasteiger partial charge in [-0.25, -0.2) is 13.6 Å². The van der Waals surface area contributed by atoms with E-state index in [0.29, 0.717) is 25.4 Å². The summed E-state index contributed by atoms with van der Waals surface area (Å²) < 4.78 is 26.6. The Balaban J connectivity index is 2.25. The monoisotopic (exact) mass is 263 g/mol. The zero-order chi connectivity index (χ0) is 12.7. The number of hydrogen-bond acceptors (Lipinski definition) is 7. The Morgan fingerprint density at radius 1 is 1.41 bits per heavy atom. The molecular formula is C8H17N5O3S. The molecular weight excluding hydrogens is 246 g/mol. The zero-order valence-electron chi connectivity index (χ0n) is 9.64. The van der Waals surface area contributed by atoms with Gasteiger partial charge in [0.15, 0.2) is 0 Å². The number of aromatic nitrogens is 2. The summed E-state index contributed by atoms with van der Waals surface area (Å²) >= 11 is 0. The molecule has 0 radical (unpaired) electrons. The number of anilines is 1. The number of sulfonamides is 1. The van der Waals surface area contributed by atoms with Crippen molar-refractivity contribution < 1.29 is 12.8 Å². The smallest absolute Gasteiger partial charge is 0.315 e. The summed E-state index contributed by atoms with van der Waals surface area (Å²) in [4.78, 5) is 0. The number of nitrogens with zero attached hydrogens (tertiary/aromatic N) is 2. The van der Waals surface area contributed by atoms with E-state index in [9.17, 15) is 8.42 Å². The van der Waals surface area contributed by atoms with Crippen LogP contribution in [-0.2, 0) is 16.6 Å².